The van der Waals surface area contributed by atoms with E-state index in [1.807, 2.05) is 24.6 Å². The number of thioether (sulfide) groups is 1. The standard InChI is InChI=1S/C15H12F2N4OS2/c1-21-14(12-3-2-6-23-12)19-20-15(21)24-8-13(22)18-9-4-5-10(16)11(17)7-9/h2-7H,8H2,1H3,(H,18,22). The highest BCUT2D eigenvalue weighted by Crippen LogP contribution is 2.26. The van der Waals surface area contributed by atoms with Crippen LogP contribution in [0.2, 0.25) is 0 Å². The Morgan fingerprint density at radius 2 is 2.12 bits per heavy atom. The Kier molecular flexibility index (Phi) is 4.91. The second-order valence-corrected chi connectivity index (χ2v) is 6.70. The molecule has 1 N–H and O–H groups in total. The predicted octanol–water partition coefficient (Wildman–Crippen LogP) is 3.55. The molecule has 3 aromatic rings. The summed E-state index contributed by atoms with van der Waals surface area (Å²) >= 11 is 2.77. The van der Waals surface area contributed by atoms with E-state index in [0.717, 1.165) is 22.8 Å². The molecule has 3 rings (SSSR count). The number of nitrogens with zero attached hydrogens (tertiary/aromatic N) is 3. The lowest BCUT2D eigenvalue weighted by Gasteiger charge is -2.05. The van der Waals surface area contributed by atoms with Gasteiger partial charge in [0.05, 0.1) is 10.6 Å². The van der Waals surface area contributed by atoms with Gasteiger partial charge in [-0.15, -0.1) is 21.5 Å². The summed E-state index contributed by atoms with van der Waals surface area (Å²) in [6.07, 6.45) is 0. The molecule has 1 aromatic carbocycles. The zero-order chi connectivity index (χ0) is 17.1. The van der Waals surface area contributed by atoms with E-state index in [1.165, 1.54) is 17.8 Å². The van der Waals surface area contributed by atoms with Crippen LogP contribution in [0.4, 0.5) is 14.5 Å². The average molecular weight is 366 g/mol. The number of hydrogen-bond acceptors (Lipinski definition) is 5. The summed E-state index contributed by atoms with van der Waals surface area (Å²) in [7, 11) is 1.82. The topological polar surface area (TPSA) is 59.8 Å². The molecule has 0 aliphatic carbocycles. The van der Waals surface area contributed by atoms with E-state index >= 15 is 0 Å². The number of nitrogens with one attached hydrogen (secondary N) is 1. The van der Waals surface area contributed by atoms with Crippen LogP contribution in [0.1, 0.15) is 0 Å². The summed E-state index contributed by atoms with van der Waals surface area (Å²) in [6.45, 7) is 0. The summed E-state index contributed by atoms with van der Waals surface area (Å²) in [5.74, 6) is -1.49. The molecule has 2 aromatic heterocycles. The average Bonchev–Trinajstić information content (AvgIpc) is 3.19. The molecule has 124 valence electrons. The molecule has 1 amide bonds. The van der Waals surface area contributed by atoms with Gasteiger partial charge in [0.2, 0.25) is 5.91 Å². The number of rotatable bonds is 5. The minimum absolute atomic E-state index is 0.0788. The Balaban J connectivity index is 1.61. The lowest BCUT2D eigenvalue weighted by Crippen LogP contribution is -2.14. The number of halogens is 2. The fourth-order valence-corrected chi connectivity index (χ4v) is 3.42. The first-order valence-electron chi connectivity index (χ1n) is 6.85. The summed E-state index contributed by atoms with van der Waals surface area (Å²) in [5.41, 5.74) is 0.205. The molecule has 0 aliphatic rings. The third-order valence-electron chi connectivity index (χ3n) is 3.11. The maximum absolute atomic E-state index is 13.1. The van der Waals surface area contributed by atoms with Crippen LogP contribution < -0.4 is 5.32 Å². The number of benzene rings is 1. The number of carbonyl (C=O) groups excluding carboxylic acids is 1. The van der Waals surface area contributed by atoms with E-state index in [2.05, 4.69) is 15.5 Å². The number of thiophene rings is 1. The molecule has 0 fully saturated rings. The maximum Gasteiger partial charge on any atom is 0.234 e. The van der Waals surface area contributed by atoms with Crippen molar-refractivity contribution in [3.63, 3.8) is 0 Å². The summed E-state index contributed by atoms with van der Waals surface area (Å²) in [6, 6.07) is 7.08. The van der Waals surface area contributed by atoms with Crippen LogP contribution in [0.25, 0.3) is 10.7 Å². The van der Waals surface area contributed by atoms with E-state index < -0.39 is 11.6 Å². The second-order valence-electron chi connectivity index (χ2n) is 4.81. The van der Waals surface area contributed by atoms with Crippen molar-refractivity contribution in [2.45, 2.75) is 5.16 Å². The fourth-order valence-electron chi connectivity index (χ4n) is 1.96. The van der Waals surface area contributed by atoms with E-state index in [9.17, 15) is 13.6 Å². The SMILES string of the molecule is Cn1c(SCC(=O)Nc2ccc(F)c(F)c2)nnc1-c1cccs1. The molecule has 2 heterocycles. The van der Waals surface area contributed by atoms with E-state index in [-0.39, 0.29) is 17.3 Å². The first kappa shape index (κ1) is 16.6. The number of aromatic nitrogens is 3. The molecular formula is C15H12F2N4OS2. The van der Waals surface area contributed by atoms with Gasteiger partial charge < -0.3 is 9.88 Å². The van der Waals surface area contributed by atoms with Crippen molar-refractivity contribution in [3.8, 4) is 10.7 Å². The van der Waals surface area contributed by atoms with Gasteiger partial charge in [0.1, 0.15) is 0 Å². The van der Waals surface area contributed by atoms with Crippen molar-refractivity contribution in [3.05, 3.63) is 47.3 Å². The monoisotopic (exact) mass is 366 g/mol. The molecule has 24 heavy (non-hydrogen) atoms. The highest BCUT2D eigenvalue weighted by Gasteiger charge is 2.14. The lowest BCUT2D eigenvalue weighted by molar-refractivity contribution is -0.113. The normalized spacial score (nSPS) is 10.8. The molecule has 0 aliphatic heterocycles. The van der Waals surface area contributed by atoms with Crippen LogP contribution in [0, 0.1) is 11.6 Å². The first-order chi connectivity index (χ1) is 11.5. The quantitative estimate of drug-likeness (QED) is 0.702. The fraction of sp³-hybridized carbons (Fsp3) is 0.133. The third kappa shape index (κ3) is 3.62. The summed E-state index contributed by atoms with van der Waals surface area (Å²) in [5, 5.41) is 13.2. The van der Waals surface area contributed by atoms with Gasteiger partial charge in [0.15, 0.2) is 22.6 Å². The Morgan fingerprint density at radius 1 is 1.29 bits per heavy atom. The second kappa shape index (κ2) is 7.10. The van der Waals surface area contributed by atoms with Crippen molar-refractivity contribution in [2.24, 2.45) is 7.05 Å². The molecule has 0 atom stereocenters. The van der Waals surface area contributed by atoms with Gasteiger partial charge in [0.25, 0.3) is 0 Å². The van der Waals surface area contributed by atoms with Crippen molar-refractivity contribution in [1.29, 1.82) is 0 Å². The van der Waals surface area contributed by atoms with Crippen LogP contribution in [-0.4, -0.2) is 26.4 Å². The van der Waals surface area contributed by atoms with Gasteiger partial charge in [0, 0.05) is 18.8 Å². The lowest BCUT2D eigenvalue weighted by atomic mass is 10.3. The van der Waals surface area contributed by atoms with Crippen LogP contribution >= 0.6 is 23.1 Å². The van der Waals surface area contributed by atoms with Gasteiger partial charge in [-0.25, -0.2) is 8.78 Å². The van der Waals surface area contributed by atoms with Crippen LogP contribution in [0.3, 0.4) is 0 Å². The Bertz CT molecular complexity index is 864. The molecule has 0 unspecified atom stereocenters. The largest absolute Gasteiger partial charge is 0.325 e. The van der Waals surface area contributed by atoms with Crippen LogP contribution in [-0.2, 0) is 11.8 Å². The highest BCUT2D eigenvalue weighted by molar-refractivity contribution is 7.99. The Morgan fingerprint density at radius 3 is 2.83 bits per heavy atom. The van der Waals surface area contributed by atoms with Gasteiger partial charge in [-0.1, -0.05) is 17.8 Å². The van der Waals surface area contributed by atoms with E-state index in [0.29, 0.717) is 5.16 Å². The molecule has 0 saturated heterocycles. The van der Waals surface area contributed by atoms with Crippen molar-refractivity contribution >= 4 is 34.7 Å². The molecule has 5 nitrogen and oxygen atoms in total. The number of anilines is 1. The van der Waals surface area contributed by atoms with Crippen LogP contribution in [0.5, 0.6) is 0 Å². The van der Waals surface area contributed by atoms with Gasteiger partial charge >= 0.3 is 0 Å². The summed E-state index contributed by atoms with van der Waals surface area (Å²) in [4.78, 5) is 12.9. The number of amides is 1. The molecule has 0 spiro atoms. The van der Waals surface area contributed by atoms with Crippen molar-refractivity contribution in [2.75, 3.05) is 11.1 Å². The minimum Gasteiger partial charge on any atom is -0.325 e. The molecular weight excluding hydrogens is 354 g/mol. The van der Waals surface area contributed by atoms with Crippen LogP contribution in [0.15, 0.2) is 40.9 Å². The summed E-state index contributed by atoms with van der Waals surface area (Å²) < 4.78 is 27.8. The Hall–Kier alpha value is -2.26. The number of hydrogen-bond donors (Lipinski definition) is 1. The first-order valence-corrected chi connectivity index (χ1v) is 8.72. The Labute approximate surface area is 144 Å². The molecule has 0 bridgehead atoms. The molecule has 9 heteroatoms. The van der Waals surface area contributed by atoms with Gasteiger partial charge in [-0.3, -0.25) is 4.79 Å². The van der Waals surface area contributed by atoms with E-state index in [4.69, 9.17) is 0 Å². The minimum atomic E-state index is -1.01. The number of carbonyl (C=O) groups is 1. The zero-order valence-electron chi connectivity index (χ0n) is 12.5. The molecule has 0 saturated carbocycles. The molecule has 0 radical (unpaired) electrons. The third-order valence-corrected chi connectivity index (χ3v) is 5.00. The smallest absolute Gasteiger partial charge is 0.234 e. The zero-order valence-corrected chi connectivity index (χ0v) is 14.1. The van der Waals surface area contributed by atoms with Crippen molar-refractivity contribution in [1.82, 2.24) is 14.8 Å². The van der Waals surface area contributed by atoms with E-state index in [1.54, 1.807) is 15.9 Å². The van der Waals surface area contributed by atoms with Gasteiger partial charge in [-0.2, -0.15) is 0 Å². The predicted molar refractivity (Wildman–Crippen MR) is 90.0 cm³/mol. The van der Waals surface area contributed by atoms with Crippen molar-refractivity contribution < 1.29 is 13.6 Å². The highest BCUT2D eigenvalue weighted by atomic mass is 32.2. The maximum atomic E-state index is 13.1. The van der Waals surface area contributed by atoms with Gasteiger partial charge in [-0.05, 0) is 23.6 Å².